The zero-order valence-electron chi connectivity index (χ0n) is 15.2. The van der Waals surface area contributed by atoms with Gasteiger partial charge in [0.1, 0.15) is 0 Å². The van der Waals surface area contributed by atoms with Crippen LogP contribution in [0.1, 0.15) is 12.0 Å². The molecule has 1 aliphatic carbocycles. The van der Waals surface area contributed by atoms with Crippen molar-refractivity contribution < 1.29 is 40.2 Å². The van der Waals surface area contributed by atoms with Crippen LogP contribution < -0.4 is 9.47 Å². The molecule has 11 heteroatoms. The van der Waals surface area contributed by atoms with Gasteiger partial charge in [-0.3, -0.25) is 0 Å². The summed E-state index contributed by atoms with van der Waals surface area (Å²) in [6.45, 7) is 3.95. The standard InChI is InChI=1S/C17H18ClF7O2Si/c1-26-12-9-10(5-4-8-28(2,3)18)6-7-11(12)27-14-13(19)15(20,21)17(24,25)16(14,22)23/h6-7,9H,4-5,8H2,1-3H3. The quantitative estimate of drug-likeness (QED) is 0.266. The van der Waals surface area contributed by atoms with Gasteiger partial charge in [-0.25, -0.2) is 4.39 Å². The molecule has 0 heterocycles. The smallest absolute Gasteiger partial charge is 0.386 e. The molecule has 2 rings (SSSR count). The number of methoxy groups -OCH3 is 1. The van der Waals surface area contributed by atoms with Crippen LogP contribution in [0.2, 0.25) is 19.1 Å². The van der Waals surface area contributed by atoms with Crippen molar-refractivity contribution in [3.63, 3.8) is 0 Å². The zero-order chi connectivity index (χ0) is 21.5. The highest BCUT2D eigenvalue weighted by Gasteiger charge is 2.82. The highest BCUT2D eigenvalue weighted by Crippen LogP contribution is 2.60. The maximum absolute atomic E-state index is 13.7. The lowest BCUT2D eigenvalue weighted by atomic mass is 10.1. The number of hydrogen-bond donors (Lipinski definition) is 0. The van der Waals surface area contributed by atoms with E-state index in [-0.39, 0.29) is 5.75 Å². The van der Waals surface area contributed by atoms with Crippen LogP contribution in [0, 0.1) is 0 Å². The third-order valence-electron chi connectivity index (χ3n) is 4.23. The fourth-order valence-corrected chi connectivity index (χ4v) is 4.06. The van der Waals surface area contributed by atoms with E-state index in [0.717, 1.165) is 25.6 Å². The lowest BCUT2D eigenvalue weighted by Crippen LogP contribution is -2.49. The molecule has 1 aromatic carbocycles. The number of hydrogen-bond acceptors (Lipinski definition) is 2. The fraction of sp³-hybridized carbons (Fsp3) is 0.529. The van der Waals surface area contributed by atoms with Gasteiger partial charge in [0.25, 0.3) is 0 Å². The minimum atomic E-state index is -5.95. The number of allylic oxidation sites excluding steroid dienone is 2. The maximum atomic E-state index is 13.7. The van der Waals surface area contributed by atoms with Crippen molar-refractivity contribution in [2.24, 2.45) is 0 Å². The Morgan fingerprint density at radius 2 is 1.61 bits per heavy atom. The summed E-state index contributed by atoms with van der Waals surface area (Å²) in [5, 5.41) is 0. The summed E-state index contributed by atoms with van der Waals surface area (Å²) in [7, 11) is -0.636. The van der Waals surface area contributed by atoms with Crippen molar-refractivity contribution in [2.75, 3.05) is 7.11 Å². The molecular formula is C17H18ClF7O2Si. The van der Waals surface area contributed by atoms with Crippen LogP contribution in [0.25, 0.3) is 0 Å². The Bertz CT molecular complexity index is 775. The lowest BCUT2D eigenvalue weighted by molar-refractivity contribution is -0.272. The average molecular weight is 451 g/mol. The Hall–Kier alpha value is -1.42. The average Bonchev–Trinajstić information content (AvgIpc) is 2.65. The molecule has 0 bridgehead atoms. The van der Waals surface area contributed by atoms with E-state index in [9.17, 15) is 30.7 Å². The molecule has 2 nitrogen and oxygen atoms in total. The Balaban J connectivity index is 2.28. The molecule has 0 atom stereocenters. The van der Waals surface area contributed by atoms with Crippen molar-refractivity contribution >= 4 is 18.5 Å². The molecule has 0 amide bonds. The summed E-state index contributed by atoms with van der Waals surface area (Å²) in [5.41, 5.74) is 0.697. The molecule has 0 N–H and O–H groups in total. The van der Waals surface area contributed by atoms with Gasteiger partial charge in [-0.15, -0.1) is 0 Å². The molecule has 0 saturated heterocycles. The summed E-state index contributed by atoms with van der Waals surface area (Å²) < 4.78 is 104. The molecule has 0 aliphatic heterocycles. The largest absolute Gasteiger partial charge is 0.493 e. The molecule has 0 unspecified atom stereocenters. The van der Waals surface area contributed by atoms with Gasteiger partial charge in [0.2, 0.25) is 11.6 Å². The number of benzene rings is 1. The van der Waals surface area contributed by atoms with Gasteiger partial charge in [-0.1, -0.05) is 25.6 Å². The number of ether oxygens (including phenoxy) is 2. The molecule has 1 aliphatic rings. The third kappa shape index (κ3) is 3.98. The summed E-state index contributed by atoms with van der Waals surface area (Å²) in [5.74, 6) is -23.4. The van der Waals surface area contributed by atoms with E-state index in [4.69, 9.17) is 15.8 Å². The summed E-state index contributed by atoms with van der Waals surface area (Å²) in [6, 6.07) is 4.68. The topological polar surface area (TPSA) is 18.5 Å². The molecule has 0 spiro atoms. The van der Waals surface area contributed by atoms with E-state index >= 15 is 0 Å². The van der Waals surface area contributed by atoms with Gasteiger partial charge >= 0.3 is 17.8 Å². The third-order valence-corrected chi connectivity index (χ3v) is 6.34. The predicted molar refractivity (Wildman–Crippen MR) is 93.1 cm³/mol. The first-order valence-corrected chi connectivity index (χ1v) is 12.4. The molecule has 158 valence electrons. The van der Waals surface area contributed by atoms with Gasteiger partial charge in [0.05, 0.1) is 7.11 Å². The van der Waals surface area contributed by atoms with E-state index in [2.05, 4.69) is 4.74 Å². The van der Waals surface area contributed by atoms with E-state index in [1.807, 2.05) is 13.1 Å². The van der Waals surface area contributed by atoms with Crippen molar-refractivity contribution in [3.8, 4) is 11.5 Å². The van der Waals surface area contributed by atoms with Gasteiger partial charge in [0.15, 0.2) is 18.9 Å². The first-order valence-electron chi connectivity index (χ1n) is 8.23. The first kappa shape index (κ1) is 22.9. The lowest BCUT2D eigenvalue weighted by Gasteiger charge is -2.24. The molecule has 28 heavy (non-hydrogen) atoms. The van der Waals surface area contributed by atoms with Crippen LogP contribution in [-0.2, 0) is 6.42 Å². The van der Waals surface area contributed by atoms with Crippen LogP contribution in [0.15, 0.2) is 29.8 Å². The van der Waals surface area contributed by atoms with Gasteiger partial charge in [-0.05, 0) is 30.2 Å². The highest BCUT2D eigenvalue weighted by atomic mass is 35.6. The minimum absolute atomic E-state index is 0.186. The van der Waals surface area contributed by atoms with Crippen molar-refractivity contribution in [1.82, 2.24) is 0 Å². The Morgan fingerprint density at radius 1 is 1.00 bits per heavy atom. The SMILES string of the molecule is COc1cc(CCC[Si](C)(C)Cl)ccc1OC1=C(F)C(F)(F)C(F)(F)C1(F)F. The van der Waals surface area contributed by atoms with E-state index < -0.39 is 42.5 Å². The summed E-state index contributed by atoms with van der Waals surface area (Å²) in [4.78, 5) is 0. The molecule has 0 radical (unpaired) electrons. The second-order valence-corrected chi connectivity index (χ2v) is 14.0. The number of rotatable bonds is 7. The highest BCUT2D eigenvalue weighted by molar-refractivity contribution is 7.19. The molecule has 0 fully saturated rings. The summed E-state index contributed by atoms with van der Waals surface area (Å²) >= 11 is 6.22. The Labute approximate surface area is 163 Å². The van der Waals surface area contributed by atoms with Crippen molar-refractivity contribution in [2.45, 2.75) is 49.7 Å². The van der Waals surface area contributed by atoms with Crippen LogP contribution in [-0.4, -0.2) is 32.3 Å². The Morgan fingerprint density at radius 3 is 2.07 bits per heavy atom. The number of aryl methyl sites for hydroxylation is 1. The van der Waals surface area contributed by atoms with E-state index in [0.29, 0.717) is 12.0 Å². The van der Waals surface area contributed by atoms with Crippen LogP contribution in [0.5, 0.6) is 11.5 Å². The molecule has 0 aromatic heterocycles. The normalized spacial score (nSPS) is 20.4. The number of halogens is 8. The zero-order valence-corrected chi connectivity index (χ0v) is 16.9. The summed E-state index contributed by atoms with van der Waals surface area (Å²) in [6.07, 6.45) is 1.30. The first-order chi connectivity index (χ1) is 12.6. The van der Waals surface area contributed by atoms with E-state index in [1.54, 1.807) is 0 Å². The monoisotopic (exact) mass is 450 g/mol. The molecule has 0 saturated carbocycles. The van der Waals surface area contributed by atoms with E-state index in [1.165, 1.54) is 12.1 Å². The van der Waals surface area contributed by atoms with Gasteiger partial charge < -0.3 is 9.47 Å². The minimum Gasteiger partial charge on any atom is -0.493 e. The predicted octanol–water partition coefficient (Wildman–Crippen LogP) is 6.55. The molecule has 1 aromatic rings. The maximum Gasteiger partial charge on any atom is 0.386 e. The number of alkyl halides is 6. The molecular weight excluding hydrogens is 433 g/mol. The van der Waals surface area contributed by atoms with Crippen LogP contribution >= 0.6 is 11.1 Å². The van der Waals surface area contributed by atoms with Gasteiger partial charge in [-0.2, -0.15) is 37.4 Å². The Kier molecular flexibility index (Phi) is 6.07. The van der Waals surface area contributed by atoms with Crippen molar-refractivity contribution in [3.05, 3.63) is 35.3 Å². The second kappa shape index (κ2) is 7.44. The van der Waals surface area contributed by atoms with Gasteiger partial charge in [0, 0.05) is 0 Å². The van der Waals surface area contributed by atoms with Crippen LogP contribution in [0.4, 0.5) is 30.7 Å². The second-order valence-electron chi connectivity index (χ2n) is 7.03. The van der Waals surface area contributed by atoms with Crippen LogP contribution in [0.3, 0.4) is 0 Å². The van der Waals surface area contributed by atoms with Crippen molar-refractivity contribution in [1.29, 1.82) is 0 Å². The fourth-order valence-electron chi connectivity index (χ4n) is 2.64.